The molecule has 0 amide bonds. The zero-order valence-corrected chi connectivity index (χ0v) is 19.6. The number of hydrogen-bond donors (Lipinski definition) is 0. The monoisotopic (exact) mass is 464 g/mol. The molecule has 2 heterocycles. The lowest BCUT2D eigenvalue weighted by Gasteiger charge is -2.25. The van der Waals surface area contributed by atoms with Crippen molar-refractivity contribution in [1.82, 2.24) is 4.57 Å². The van der Waals surface area contributed by atoms with Crippen LogP contribution in [-0.2, 0) is 9.53 Å². The predicted octanol–water partition coefficient (Wildman–Crippen LogP) is 2.82. The van der Waals surface area contributed by atoms with Gasteiger partial charge >= 0.3 is 5.97 Å². The number of allylic oxidation sites excluding steroid dienone is 1. The number of ether oxygens (including phenoxy) is 3. The van der Waals surface area contributed by atoms with Gasteiger partial charge in [0.05, 0.1) is 36.6 Å². The fourth-order valence-corrected chi connectivity index (χ4v) is 4.91. The first kappa shape index (κ1) is 22.5. The zero-order chi connectivity index (χ0) is 23.5. The third kappa shape index (κ3) is 4.21. The molecule has 7 nitrogen and oxygen atoms in total. The van der Waals surface area contributed by atoms with Gasteiger partial charge < -0.3 is 14.2 Å². The van der Waals surface area contributed by atoms with Crippen molar-refractivity contribution in [1.29, 1.82) is 0 Å². The van der Waals surface area contributed by atoms with Crippen LogP contribution in [0.15, 0.2) is 69.6 Å². The number of benzene rings is 2. The first-order valence-electron chi connectivity index (χ1n) is 10.4. The normalized spacial score (nSPS) is 15.6. The molecule has 0 fully saturated rings. The lowest BCUT2D eigenvalue weighted by Crippen LogP contribution is -2.40. The molecular weight excluding hydrogens is 440 g/mol. The predicted molar refractivity (Wildman–Crippen MR) is 126 cm³/mol. The molecule has 1 aliphatic heterocycles. The fourth-order valence-electron chi connectivity index (χ4n) is 3.86. The number of carbonyl (C=O) groups is 1. The van der Waals surface area contributed by atoms with Crippen molar-refractivity contribution in [3.8, 4) is 11.5 Å². The van der Waals surface area contributed by atoms with Gasteiger partial charge in [0.1, 0.15) is 17.5 Å². The summed E-state index contributed by atoms with van der Waals surface area (Å²) >= 11 is 1.27. The van der Waals surface area contributed by atoms with Crippen molar-refractivity contribution in [3.63, 3.8) is 0 Å². The molecule has 1 aliphatic rings. The minimum Gasteiger partial charge on any atom is -0.497 e. The second kappa shape index (κ2) is 9.46. The van der Waals surface area contributed by atoms with Crippen LogP contribution in [0, 0.1) is 0 Å². The summed E-state index contributed by atoms with van der Waals surface area (Å²) in [6.45, 7) is 3.72. The van der Waals surface area contributed by atoms with E-state index in [2.05, 4.69) is 4.99 Å². The van der Waals surface area contributed by atoms with E-state index in [-0.39, 0.29) is 12.2 Å². The molecule has 0 bridgehead atoms. The lowest BCUT2D eigenvalue weighted by atomic mass is 9.95. The zero-order valence-electron chi connectivity index (χ0n) is 18.8. The second-order valence-corrected chi connectivity index (χ2v) is 8.33. The molecule has 0 N–H and O–H groups in total. The number of aromatic nitrogens is 1. The van der Waals surface area contributed by atoms with Gasteiger partial charge in [-0.2, -0.15) is 0 Å². The molecule has 0 aliphatic carbocycles. The number of para-hydroxylation sites is 1. The Morgan fingerprint density at radius 1 is 1.15 bits per heavy atom. The number of esters is 1. The Bertz CT molecular complexity index is 1420. The van der Waals surface area contributed by atoms with Crippen LogP contribution < -0.4 is 24.4 Å². The standard InChI is InChI=1S/C25H24N2O5S/c1-5-32-24(29)21-15(2)26-25-27(22(21)18-11-6-7-12-19(18)31-4)23(28)20(33-25)14-16-9-8-10-17(13-16)30-3/h6-14,22H,5H2,1-4H3/b20-14+/t22-/m0/s1. The average molecular weight is 465 g/mol. The van der Waals surface area contributed by atoms with Crippen LogP contribution >= 0.6 is 11.3 Å². The highest BCUT2D eigenvalue weighted by Gasteiger charge is 2.34. The van der Waals surface area contributed by atoms with Crippen molar-refractivity contribution in [2.45, 2.75) is 19.9 Å². The van der Waals surface area contributed by atoms with Crippen LogP contribution in [0.3, 0.4) is 0 Å². The Morgan fingerprint density at radius 3 is 2.67 bits per heavy atom. The average Bonchev–Trinajstić information content (AvgIpc) is 3.12. The van der Waals surface area contributed by atoms with E-state index in [4.69, 9.17) is 14.2 Å². The minimum atomic E-state index is -0.719. The third-order valence-electron chi connectivity index (χ3n) is 5.34. The largest absolute Gasteiger partial charge is 0.497 e. The van der Waals surface area contributed by atoms with Crippen LogP contribution in [0.25, 0.3) is 6.08 Å². The molecular formula is C25H24N2O5S. The van der Waals surface area contributed by atoms with E-state index in [0.29, 0.717) is 37.7 Å². The maximum absolute atomic E-state index is 13.6. The summed E-state index contributed by atoms with van der Waals surface area (Å²) in [5.74, 6) is 0.766. The number of carbonyl (C=O) groups excluding carboxylic acids is 1. The van der Waals surface area contributed by atoms with Gasteiger partial charge in [-0.25, -0.2) is 9.79 Å². The molecule has 170 valence electrons. The molecule has 4 rings (SSSR count). The van der Waals surface area contributed by atoms with E-state index in [0.717, 1.165) is 5.56 Å². The summed E-state index contributed by atoms with van der Waals surface area (Å²) in [6, 6.07) is 14.1. The van der Waals surface area contributed by atoms with Crippen LogP contribution in [0.2, 0.25) is 0 Å². The molecule has 2 aromatic carbocycles. The van der Waals surface area contributed by atoms with Gasteiger partial charge in [-0.1, -0.05) is 41.7 Å². The van der Waals surface area contributed by atoms with E-state index >= 15 is 0 Å². The maximum Gasteiger partial charge on any atom is 0.338 e. The highest BCUT2D eigenvalue weighted by atomic mass is 32.1. The number of methoxy groups -OCH3 is 2. The van der Waals surface area contributed by atoms with E-state index in [1.165, 1.54) is 11.3 Å². The Morgan fingerprint density at radius 2 is 1.94 bits per heavy atom. The molecule has 0 radical (unpaired) electrons. The molecule has 3 aromatic rings. The van der Waals surface area contributed by atoms with Gasteiger partial charge in [0.2, 0.25) is 0 Å². The molecule has 8 heteroatoms. The van der Waals surface area contributed by atoms with E-state index in [1.54, 1.807) is 44.8 Å². The SMILES string of the molecule is CCOC(=O)C1=C(C)N=c2s/c(=C/c3cccc(OC)c3)c(=O)n2[C@H]1c1ccccc1OC. The van der Waals surface area contributed by atoms with Crippen molar-refractivity contribution >= 4 is 23.4 Å². The summed E-state index contributed by atoms with van der Waals surface area (Å²) in [6.07, 6.45) is 1.80. The molecule has 0 unspecified atom stereocenters. The van der Waals surface area contributed by atoms with Crippen molar-refractivity contribution < 1.29 is 19.0 Å². The van der Waals surface area contributed by atoms with Crippen molar-refractivity contribution in [2.75, 3.05) is 20.8 Å². The summed E-state index contributed by atoms with van der Waals surface area (Å²) in [5.41, 5.74) is 2.10. The smallest absolute Gasteiger partial charge is 0.338 e. The van der Waals surface area contributed by atoms with Gasteiger partial charge in [0, 0.05) is 5.56 Å². The molecule has 0 spiro atoms. The topological polar surface area (TPSA) is 79.1 Å². The Balaban J connectivity index is 1.98. The van der Waals surface area contributed by atoms with Crippen LogP contribution in [0.1, 0.15) is 31.0 Å². The minimum absolute atomic E-state index is 0.217. The van der Waals surface area contributed by atoms with E-state index in [1.807, 2.05) is 42.5 Å². The maximum atomic E-state index is 13.6. The Labute approximate surface area is 194 Å². The van der Waals surface area contributed by atoms with Crippen molar-refractivity contribution in [2.24, 2.45) is 4.99 Å². The number of nitrogens with zero attached hydrogens (tertiary/aromatic N) is 2. The Hall–Kier alpha value is -3.65. The molecule has 33 heavy (non-hydrogen) atoms. The van der Waals surface area contributed by atoms with Gasteiger partial charge in [0.15, 0.2) is 4.80 Å². The number of rotatable bonds is 6. The molecule has 0 saturated carbocycles. The fraction of sp³-hybridized carbons (Fsp3) is 0.240. The highest BCUT2D eigenvalue weighted by Crippen LogP contribution is 2.35. The number of fused-ring (bicyclic) bond motifs is 1. The number of hydrogen-bond acceptors (Lipinski definition) is 7. The third-order valence-corrected chi connectivity index (χ3v) is 6.33. The van der Waals surface area contributed by atoms with E-state index in [9.17, 15) is 9.59 Å². The first-order valence-corrected chi connectivity index (χ1v) is 11.3. The van der Waals surface area contributed by atoms with Gasteiger partial charge in [-0.15, -0.1) is 0 Å². The summed E-state index contributed by atoms with van der Waals surface area (Å²) in [5, 5.41) is 0. The lowest BCUT2D eigenvalue weighted by molar-refractivity contribution is -0.139. The Kier molecular flexibility index (Phi) is 6.46. The van der Waals surface area contributed by atoms with Crippen LogP contribution in [0.4, 0.5) is 0 Å². The van der Waals surface area contributed by atoms with E-state index < -0.39 is 12.0 Å². The quantitative estimate of drug-likeness (QED) is 0.524. The molecule has 1 aromatic heterocycles. The first-order chi connectivity index (χ1) is 16.0. The van der Waals surface area contributed by atoms with Gasteiger partial charge in [-0.3, -0.25) is 9.36 Å². The number of thiazole rings is 1. The summed E-state index contributed by atoms with van der Waals surface area (Å²) in [7, 11) is 3.16. The van der Waals surface area contributed by atoms with Gasteiger partial charge in [0.25, 0.3) is 5.56 Å². The van der Waals surface area contributed by atoms with Crippen LogP contribution in [0.5, 0.6) is 11.5 Å². The molecule has 1 atom stereocenters. The molecule has 0 saturated heterocycles. The van der Waals surface area contributed by atoms with Gasteiger partial charge in [-0.05, 0) is 43.7 Å². The summed E-state index contributed by atoms with van der Waals surface area (Å²) < 4.78 is 18.2. The highest BCUT2D eigenvalue weighted by molar-refractivity contribution is 7.07. The van der Waals surface area contributed by atoms with Crippen molar-refractivity contribution in [3.05, 3.63) is 90.6 Å². The van der Waals surface area contributed by atoms with Crippen LogP contribution in [-0.4, -0.2) is 31.4 Å². The summed E-state index contributed by atoms with van der Waals surface area (Å²) in [4.78, 5) is 31.7. The second-order valence-electron chi connectivity index (χ2n) is 7.32.